The third-order valence-corrected chi connectivity index (χ3v) is 6.45. The summed E-state index contributed by atoms with van der Waals surface area (Å²) in [5.74, 6) is 0. The number of benzene rings is 1. The Kier molecular flexibility index (Phi) is 9.44. The van der Waals surface area contributed by atoms with Crippen LogP contribution in [0, 0.1) is 16.7 Å². The summed E-state index contributed by atoms with van der Waals surface area (Å²) in [6.07, 6.45) is 8.75. The molecule has 0 unspecified atom stereocenters. The minimum absolute atomic E-state index is 0.208. The summed E-state index contributed by atoms with van der Waals surface area (Å²) in [4.78, 5) is 2.11. The maximum absolute atomic E-state index is 9.76. The van der Waals surface area contributed by atoms with Gasteiger partial charge in [0, 0.05) is 6.61 Å². The summed E-state index contributed by atoms with van der Waals surface area (Å²) in [5.41, 5.74) is 1.32. The van der Waals surface area contributed by atoms with Crippen molar-refractivity contribution in [2.24, 2.45) is 5.41 Å². The van der Waals surface area contributed by atoms with Crippen molar-refractivity contribution < 1.29 is 9.47 Å². The standard InChI is InChI=1S/C24H38N2O2/c1-4-27-18-19-28-21-23(13-9-8-12-22-10-6-5-7-11-22)14-16-24(20-25,17-15-23)26(2)3/h5-7,10-11H,4,8-9,12-19,21H2,1-3H3. The maximum Gasteiger partial charge on any atom is 0.108 e. The molecule has 0 N–H and O–H groups in total. The van der Waals surface area contributed by atoms with Crippen molar-refractivity contribution in [3.05, 3.63) is 35.9 Å². The van der Waals surface area contributed by atoms with Crippen LogP contribution in [0.2, 0.25) is 0 Å². The van der Waals surface area contributed by atoms with Crippen LogP contribution in [-0.2, 0) is 15.9 Å². The first kappa shape index (κ1) is 22.9. The third kappa shape index (κ3) is 6.58. The van der Waals surface area contributed by atoms with Gasteiger partial charge in [0.25, 0.3) is 0 Å². The molecule has 1 saturated carbocycles. The van der Waals surface area contributed by atoms with E-state index in [1.165, 1.54) is 24.8 Å². The van der Waals surface area contributed by atoms with Crippen molar-refractivity contribution in [2.45, 2.75) is 63.8 Å². The van der Waals surface area contributed by atoms with Gasteiger partial charge < -0.3 is 9.47 Å². The molecule has 1 fully saturated rings. The molecule has 1 aliphatic carbocycles. The summed E-state index contributed by atoms with van der Waals surface area (Å²) < 4.78 is 11.4. The van der Waals surface area contributed by atoms with E-state index >= 15 is 0 Å². The van der Waals surface area contributed by atoms with Gasteiger partial charge in [-0.3, -0.25) is 4.90 Å². The zero-order valence-corrected chi connectivity index (χ0v) is 18.1. The Hall–Kier alpha value is -1.41. The van der Waals surface area contributed by atoms with Crippen molar-refractivity contribution in [1.29, 1.82) is 5.26 Å². The zero-order chi connectivity index (χ0) is 20.3. The molecule has 4 heteroatoms. The van der Waals surface area contributed by atoms with Gasteiger partial charge in [-0.1, -0.05) is 36.8 Å². The number of aryl methyl sites for hydroxylation is 1. The predicted molar refractivity (Wildman–Crippen MR) is 114 cm³/mol. The van der Waals surface area contributed by atoms with Crippen LogP contribution in [0.4, 0.5) is 0 Å². The number of nitriles is 1. The lowest BCUT2D eigenvalue weighted by molar-refractivity contribution is -0.0296. The molecule has 1 aromatic rings. The van der Waals surface area contributed by atoms with Crippen LogP contribution in [-0.4, -0.2) is 51.0 Å². The largest absolute Gasteiger partial charge is 0.379 e. The molecule has 1 aromatic carbocycles. The highest BCUT2D eigenvalue weighted by molar-refractivity contribution is 5.14. The van der Waals surface area contributed by atoms with E-state index in [4.69, 9.17) is 9.47 Å². The number of rotatable bonds is 12. The molecule has 0 atom stereocenters. The van der Waals surface area contributed by atoms with Crippen molar-refractivity contribution in [3.8, 4) is 6.07 Å². The number of hydrogen-bond donors (Lipinski definition) is 0. The van der Waals surface area contributed by atoms with Crippen LogP contribution in [0.5, 0.6) is 0 Å². The molecule has 28 heavy (non-hydrogen) atoms. The molecule has 0 aromatic heterocycles. The van der Waals surface area contributed by atoms with Gasteiger partial charge in [-0.25, -0.2) is 0 Å². The highest BCUT2D eigenvalue weighted by atomic mass is 16.5. The lowest BCUT2D eigenvalue weighted by Gasteiger charge is -2.46. The SMILES string of the molecule is CCOCCOCC1(CCCCc2ccccc2)CCC(C#N)(N(C)C)CC1. The molecule has 4 nitrogen and oxygen atoms in total. The molecule has 1 aliphatic rings. The van der Waals surface area contributed by atoms with Crippen LogP contribution in [0.15, 0.2) is 30.3 Å². The first-order valence-electron chi connectivity index (χ1n) is 10.8. The molecule has 0 aliphatic heterocycles. The van der Waals surface area contributed by atoms with Gasteiger partial charge in [0.1, 0.15) is 5.54 Å². The molecular weight excluding hydrogens is 348 g/mol. The summed E-state index contributed by atoms with van der Waals surface area (Å²) in [6, 6.07) is 13.3. The number of hydrogen-bond acceptors (Lipinski definition) is 4. The average molecular weight is 387 g/mol. The quantitative estimate of drug-likeness (QED) is 0.482. The van der Waals surface area contributed by atoms with E-state index in [2.05, 4.69) is 41.3 Å². The zero-order valence-electron chi connectivity index (χ0n) is 18.1. The Labute approximate surface area is 171 Å². The normalized spacial score (nSPS) is 25.0. The van der Waals surface area contributed by atoms with Gasteiger partial charge in [-0.2, -0.15) is 5.26 Å². The van der Waals surface area contributed by atoms with Crippen molar-refractivity contribution in [3.63, 3.8) is 0 Å². The monoisotopic (exact) mass is 386 g/mol. The minimum atomic E-state index is -0.307. The Bertz CT molecular complexity index is 586. The van der Waals surface area contributed by atoms with E-state index in [9.17, 15) is 5.26 Å². The second-order valence-electron chi connectivity index (χ2n) is 8.48. The second-order valence-corrected chi connectivity index (χ2v) is 8.48. The van der Waals surface area contributed by atoms with Gasteiger partial charge in [0.15, 0.2) is 0 Å². The molecule has 2 rings (SSSR count). The third-order valence-electron chi connectivity index (χ3n) is 6.45. The van der Waals surface area contributed by atoms with E-state index in [-0.39, 0.29) is 11.0 Å². The van der Waals surface area contributed by atoms with Crippen LogP contribution >= 0.6 is 0 Å². The fourth-order valence-corrected chi connectivity index (χ4v) is 4.34. The number of unbranched alkanes of at least 4 members (excludes halogenated alkanes) is 1. The minimum Gasteiger partial charge on any atom is -0.379 e. The summed E-state index contributed by atoms with van der Waals surface area (Å²) in [5, 5.41) is 9.76. The fourth-order valence-electron chi connectivity index (χ4n) is 4.34. The highest BCUT2D eigenvalue weighted by Crippen LogP contribution is 2.46. The summed E-state index contributed by atoms with van der Waals surface area (Å²) >= 11 is 0. The van der Waals surface area contributed by atoms with Gasteiger partial charge in [-0.15, -0.1) is 0 Å². The van der Waals surface area contributed by atoms with Crippen molar-refractivity contribution >= 4 is 0 Å². The highest BCUT2D eigenvalue weighted by Gasteiger charge is 2.44. The maximum atomic E-state index is 9.76. The van der Waals surface area contributed by atoms with Crippen LogP contribution in [0.25, 0.3) is 0 Å². The lowest BCUT2D eigenvalue weighted by atomic mass is 9.65. The smallest absolute Gasteiger partial charge is 0.108 e. The topological polar surface area (TPSA) is 45.5 Å². The average Bonchev–Trinajstić information content (AvgIpc) is 2.72. The second kappa shape index (κ2) is 11.6. The van der Waals surface area contributed by atoms with Crippen molar-refractivity contribution in [2.75, 3.05) is 40.5 Å². The van der Waals surface area contributed by atoms with E-state index in [1.807, 2.05) is 21.0 Å². The van der Waals surface area contributed by atoms with Gasteiger partial charge in [-0.05, 0) is 76.9 Å². The molecule has 156 valence electrons. The van der Waals surface area contributed by atoms with Crippen LogP contribution in [0.1, 0.15) is 57.4 Å². The summed E-state index contributed by atoms with van der Waals surface area (Å²) in [6.45, 7) is 4.87. The Morgan fingerprint density at radius 1 is 1.00 bits per heavy atom. The molecule has 0 spiro atoms. The van der Waals surface area contributed by atoms with Crippen LogP contribution < -0.4 is 0 Å². The lowest BCUT2D eigenvalue weighted by Crippen LogP contribution is -2.49. The van der Waals surface area contributed by atoms with E-state index in [1.54, 1.807) is 0 Å². The molecule has 0 heterocycles. The Morgan fingerprint density at radius 2 is 1.68 bits per heavy atom. The Balaban J connectivity index is 1.88. The van der Waals surface area contributed by atoms with Gasteiger partial charge in [0.05, 0.1) is 25.9 Å². The molecular formula is C24H38N2O2. The van der Waals surface area contributed by atoms with E-state index in [0.29, 0.717) is 13.2 Å². The molecule has 0 radical (unpaired) electrons. The predicted octanol–water partition coefficient (Wildman–Crippen LogP) is 4.84. The first-order chi connectivity index (χ1) is 13.6. The molecule has 0 amide bonds. The molecule has 0 bridgehead atoms. The van der Waals surface area contributed by atoms with Crippen molar-refractivity contribution in [1.82, 2.24) is 4.90 Å². The van der Waals surface area contributed by atoms with Gasteiger partial charge >= 0.3 is 0 Å². The van der Waals surface area contributed by atoms with E-state index in [0.717, 1.165) is 45.3 Å². The number of ether oxygens (including phenoxy) is 2. The molecule has 0 saturated heterocycles. The Morgan fingerprint density at radius 3 is 2.29 bits per heavy atom. The fraction of sp³-hybridized carbons (Fsp3) is 0.708. The van der Waals surface area contributed by atoms with Gasteiger partial charge in [0.2, 0.25) is 0 Å². The van der Waals surface area contributed by atoms with Crippen LogP contribution in [0.3, 0.4) is 0 Å². The van der Waals surface area contributed by atoms with E-state index < -0.39 is 0 Å². The number of nitrogens with zero attached hydrogens (tertiary/aromatic N) is 2. The summed E-state index contributed by atoms with van der Waals surface area (Å²) in [7, 11) is 4.07. The first-order valence-corrected chi connectivity index (χ1v) is 10.8.